The maximum atomic E-state index is 10.7. The number of anilines is 1. The van der Waals surface area contributed by atoms with Crippen LogP contribution in [0, 0.1) is 7.05 Å². The number of hydrogen-bond donors (Lipinski definition) is 1. The lowest BCUT2D eigenvalue weighted by atomic mass is 10.4. The Labute approximate surface area is 52.7 Å². The molecule has 0 aliphatic rings. The monoisotopic (exact) mass is 123 g/mol. The number of hydrogen-bond acceptors (Lipinski definition) is 2. The zero-order chi connectivity index (χ0) is 6.85. The summed E-state index contributed by atoms with van der Waals surface area (Å²) < 4.78 is 1.19. The molecular weight excluding hydrogens is 116 g/mol. The molecule has 1 rings (SSSR count). The Morgan fingerprint density at radius 3 is 2.78 bits per heavy atom. The van der Waals surface area contributed by atoms with Crippen molar-refractivity contribution < 1.29 is 0 Å². The van der Waals surface area contributed by atoms with Crippen molar-refractivity contribution in [2.24, 2.45) is 0 Å². The van der Waals surface area contributed by atoms with E-state index < -0.39 is 0 Å². The molecule has 1 heterocycles. The third kappa shape index (κ3) is 0.937. The smallest absolute Gasteiger partial charge is 0.273 e. The average Bonchev–Trinajstić information content (AvgIpc) is 1.83. The summed E-state index contributed by atoms with van der Waals surface area (Å²) >= 11 is 0. The molecule has 0 amide bonds. The highest BCUT2D eigenvalue weighted by atomic mass is 16.1. The summed E-state index contributed by atoms with van der Waals surface area (Å²) in [7, 11) is 3.41. The molecule has 0 aromatic carbocycles. The van der Waals surface area contributed by atoms with Gasteiger partial charge in [-0.05, 0) is 12.1 Å². The summed E-state index contributed by atoms with van der Waals surface area (Å²) in [5.41, 5.74) is 5.22. The second-order valence-corrected chi connectivity index (χ2v) is 1.74. The van der Waals surface area contributed by atoms with Gasteiger partial charge in [0.25, 0.3) is 5.56 Å². The van der Waals surface area contributed by atoms with Crippen molar-refractivity contribution in [3.63, 3.8) is 0 Å². The molecule has 9 heavy (non-hydrogen) atoms. The Hall–Kier alpha value is -1.25. The summed E-state index contributed by atoms with van der Waals surface area (Å²) in [6.07, 6.45) is 1.55. The van der Waals surface area contributed by atoms with Crippen LogP contribution in [-0.2, 0) is 0 Å². The van der Waals surface area contributed by atoms with Crippen molar-refractivity contribution >= 4 is 5.69 Å². The van der Waals surface area contributed by atoms with Crippen LogP contribution in [0.4, 0.5) is 5.69 Å². The molecule has 1 aromatic heterocycles. The Bertz CT molecular complexity index is 241. The van der Waals surface area contributed by atoms with Crippen LogP contribution in [0.3, 0.4) is 0 Å². The van der Waals surface area contributed by atoms with Crippen molar-refractivity contribution in [2.75, 3.05) is 5.73 Å². The number of nitrogen functional groups attached to an aromatic ring is 1. The van der Waals surface area contributed by atoms with Gasteiger partial charge in [-0.3, -0.25) is 4.79 Å². The third-order valence-corrected chi connectivity index (χ3v) is 1.05. The van der Waals surface area contributed by atoms with Crippen molar-refractivity contribution in [3.05, 3.63) is 35.7 Å². The molecule has 3 heteroatoms. The lowest BCUT2D eigenvalue weighted by Crippen LogP contribution is -2.17. The predicted octanol–water partition coefficient (Wildman–Crippen LogP) is 0.0702. The highest BCUT2D eigenvalue weighted by molar-refractivity contribution is 5.33. The molecule has 0 fully saturated rings. The summed E-state index contributed by atoms with van der Waals surface area (Å²) in [6.45, 7) is 0. The van der Waals surface area contributed by atoms with Gasteiger partial charge in [0, 0.05) is 13.2 Å². The van der Waals surface area contributed by atoms with E-state index >= 15 is 0 Å². The Balaban J connectivity index is 3.43. The number of rotatable bonds is 0. The summed E-state index contributed by atoms with van der Waals surface area (Å²) in [5.74, 6) is 0. The molecule has 0 spiro atoms. The first-order valence-corrected chi connectivity index (χ1v) is 2.50. The quantitative estimate of drug-likeness (QED) is 0.530. The van der Waals surface area contributed by atoms with Crippen LogP contribution in [0.15, 0.2) is 23.1 Å². The molecule has 0 aliphatic heterocycles. The molecule has 0 bridgehead atoms. The van der Waals surface area contributed by atoms with Crippen LogP contribution in [0.25, 0.3) is 0 Å². The molecule has 3 nitrogen and oxygen atoms in total. The molecule has 2 N–H and O–H groups in total. The first-order chi connectivity index (χ1) is 4.22. The summed E-state index contributed by atoms with van der Waals surface area (Å²) in [6, 6.07) is 3.22. The molecular formula is C6H7N2O. The van der Waals surface area contributed by atoms with E-state index in [2.05, 4.69) is 7.05 Å². The van der Waals surface area contributed by atoms with E-state index in [9.17, 15) is 4.79 Å². The Kier molecular flexibility index (Phi) is 1.26. The molecule has 47 valence electrons. The van der Waals surface area contributed by atoms with Gasteiger partial charge in [-0.25, -0.2) is 0 Å². The van der Waals surface area contributed by atoms with Gasteiger partial charge in [0.05, 0.1) is 5.69 Å². The highest BCUT2D eigenvalue weighted by Crippen LogP contribution is 1.88. The molecule has 0 saturated heterocycles. The van der Waals surface area contributed by atoms with Crippen LogP contribution < -0.4 is 11.3 Å². The van der Waals surface area contributed by atoms with Crippen LogP contribution in [0.5, 0.6) is 0 Å². The van der Waals surface area contributed by atoms with Crippen molar-refractivity contribution in [1.82, 2.24) is 4.57 Å². The van der Waals surface area contributed by atoms with E-state index in [0.29, 0.717) is 0 Å². The molecule has 1 radical (unpaired) electrons. The van der Waals surface area contributed by atoms with Crippen LogP contribution in [0.2, 0.25) is 0 Å². The fraction of sp³-hybridized carbons (Fsp3) is 0. The summed E-state index contributed by atoms with van der Waals surface area (Å²) in [4.78, 5) is 10.7. The number of pyridine rings is 1. The van der Waals surface area contributed by atoms with Gasteiger partial charge in [-0.1, -0.05) is 0 Å². The van der Waals surface area contributed by atoms with Gasteiger partial charge in [-0.15, -0.1) is 0 Å². The lowest BCUT2D eigenvalue weighted by molar-refractivity contribution is 0.996. The minimum atomic E-state index is -0.252. The number of nitrogens with two attached hydrogens (primary N) is 1. The first kappa shape index (κ1) is 5.88. The largest absolute Gasteiger partial charge is 0.394 e. The van der Waals surface area contributed by atoms with Gasteiger partial charge in [0.2, 0.25) is 0 Å². The fourth-order valence-corrected chi connectivity index (χ4v) is 0.555. The topological polar surface area (TPSA) is 48.0 Å². The average molecular weight is 123 g/mol. The summed E-state index contributed by atoms with van der Waals surface area (Å²) in [5, 5.41) is 0. The zero-order valence-electron chi connectivity index (χ0n) is 4.87. The van der Waals surface area contributed by atoms with E-state index in [4.69, 9.17) is 5.73 Å². The minimum Gasteiger partial charge on any atom is -0.394 e. The molecule has 0 atom stereocenters. The molecule has 0 saturated carbocycles. The van der Waals surface area contributed by atoms with Crippen LogP contribution >= 0.6 is 0 Å². The molecule has 0 unspecified atom stereocenters. The lowest BCUT2D eigenvalue weighted by Gasteiger charge is -1.94. The zero-order valence-corrected chi connectivity index (χ0v) is 4.87. The maximum Gasteiger partial charge on any atom is 0.273 e. The second-order valence-electron chi connectivity index (χ2n) is 1.74. The first-order valence-electron chi connectivity index (χ1n) is 2.50. The molecule has 0 aliphatic carbocycles. The Morgan fingerprint density at radius 2 is 2.33 bits per heavy atom. The predicted molar refractivity (Wildman–Crippen MR) is 35.9 cm³/mol. The van der Waals surface area contributed by atoms with E-state index in [1.807, 2.05) is 0 Å². The number of aromatic nitrogens is 1. The van der Waals surface area contributed by atoms with Gasteiger partial charge in [0.1, 0.15) is 0 Å². The van der Waals surface area contributed by atoms with E-state index in [0.717, 1.165) is 0 Å². The SMILES string of the molecule is [CH2]n1cccc(N)c1=O. The van der Waals surface area contributed by atoms with Gasteiger partial charge >= 0.3 is 0 Å². The Morgan fingerprint density at radius 1 is 1.67 bits per heavy atom. The second kappa shape index (κ2) is 1.93. The van der Waals surface area contributed by atoms with Crippen LogP contribution in [-0.4, -0.2) is 4.57 Å². The standard InChI is InChI=1S/C6H7N2O/c1-8-4-2-3-5(7)6(8)9/h2-4H,1,7H2. The van der Waals surface area contributed by atoms with Crippen molar-refractivity contribution in [2.45, 2.75) is 0 Å². The molecule has 1 aromatic rings. The van der Waals surface area contributed by atoms with Gasteiger partial charge in [0.15, 0.2) is 0 Å². The van der Waals surface area contributed by atoms with E-state index in [1.165, 1.54) is 4.57 Å². The third-order valence-electron chi connectivity index (χ3n) is 1.05. The van der Waals surface area contributed by atoms with E-state index in [1.54, 1.807) is 18.3 Å². The number of nitrogens with zero attached hydrogens (tertiary/aromatic N) is 1. The fourth-order valence-electron chi connectivity index (χ4n) is 0.555. The van der Waals surface area contributed by atoms with Crippen molar-refractivity contribution in [3.8, 4) is 0 Å². The highest BCUT2D eigenvalue weighted by Gasteiger charge is 1.90. The van der Waals surface area contributed by atoms with E-state index in [-0.39, 0.29) is 11.2 Å². The van der Waals surface area contributed by atoms with Gasteiger partial charge < -0.3 is 10.3 Å². The normalized spacial score (nSPS) is 9.44. The van der Waals surface area contributed by atoms with Crippen molar-refractivity contribution in [1.29, 1.82) is 0 Å². The van der Waals surface area contributed by atoms with Crippen LogP contribution in [0.1, 0.15) is 0 Å². The minimum absolute atomic E-state index is 0.229. The maximum absolute atomic E-state index is 10.7. The van der Waals surface area contributed by atoms with Gasteiger partial charge in [-0.2, -0.15) is 0 Å².